The Hall–Kier alpha value is -3.19. The number of para-hydroxylation sites is 2. The van der Waals surface area contributed by atoms with Crippen LogP contribution in [0.4, 0.5) is 10.5 Å². The summed E-state index contributed by atoms with van der Waals surface area (Å²) >= 11 is 5.97. The fourth-order valence-electron chi connectivity index (χ4n) is 3.31. The van der Waals surface area contributed by atoms with Crippen LogP contribution in [0.1, 0.15) is 16.9 Å². The van der Waals surface area contributed by atoms with Crippen molar-refractivity contribution in [2.24, 2.45) is 0 Å². The summed E-state index contributed by atoms with van der Waals surface area (Å²) in [6.45, 7) is 2.02. The monoisotopic (exact) mass is 409 g/mol. The lowest BCUT2D eigenvalue weighted by Crippen LogP contribution is -2.39. The van der Waals surface area contributed by atoms with Crippen LogP contribution in [-0.2, 0) is 0 Å². The molecule has 0 unspecified atom stereocenters. The van der Waals surface area contributed by atoms with E-state index < -0.39 is 0 Å². The summed E-state index contributed by atoms with van der Waals surface area (Å²) in [4.78, 5) is 37.7. The molecule has 29 heavy (non-hydrogen) atoms. The van der Waals surface area contributed by atoms with E-state index in [1.165, 1.54) is 6.20 Å². The molecule has 1 N–H and O–H groups in total. The molecule has 0 spiro atoms. The van der Waals surface area contributed by atoms with Gasteiger partial charge in [0, 0.05) is 36.9 Å². The predicted octanol–water partition coefficient (Wildman–Crippen LogP) is 3.66. The van der Waals surface area contributed by atoms with Gasteiger partial charge in [-0.15, -0.1) is 0 Å². The number of anilines is 1. The molecule has 1 aromatic heterocycles. The van der Waals surface area contributed by atoms with E-state index in [0.717, 1.165) is 5.52 Å². The van der Waals surface area contributed by atoms with E-state index >= 15 is 0 Å². The summed E-state index contributed by atoms with van der Waals surface area (Å²) in [7, 11) is 0. The first-order chi connectivity index (χ1) is 14.1. The van der Waals surface area contributed by atoms with Crippen LogP contribution < -0.4 is 5.32 Å². The summed E-state index contributed by atoms with van der Waals surface area (Å²) in [5.41, 5.74) is 2.41. The average molecular weight is 410 g/mol. The number of hydrogen-bond acceptors (Lipinski definition) is 4. The molecule has 3 aromatic rings. The lowest BCUT2D eigenvalue weighted by Gasteiger charge is -2.22. The third-order valence-corrected chi connectivity index (χ3v) is 5.05. The predicted molar refractivity (Wildman–Crippen MR) is 112 cm³/mol. The van der Waals surface area contributed by atoms with Crippen molar-refractivity contribution in [3.63, 3.8) is 0 Å². The van der Waals surface area contributed by atoms with Gasteiger partial charge in [0.25, 0.3) is 5.91 Å². The molecule has 7 nitrogen and oxygen atoms in total. The number of hydrogen-bond donors (Lipinski definition) is 1. The molecule has 1 aliphatic heterocycles. The molecule has 3 amide bonds. The number of nitrogens with one attached hydrogen (secondary N) is 1. The van der Waals surface area contributed by atoms with E-state index in [1.807, 2.05) is 24.3 Å². The maximum atomic E-state index is 12.9. The molecule has 148 valence electrons. The maximum absolute atomic E-state index is 12.9. The van der Waals surface area contributed by atoms with Crippen molar-refractivity contribution in [3.05, 3.63) is 65.4 Å². The summed E-state index contributed by atoms with van der Waals surface area (Å²) in [6.07, 6.45) is 2.20. The molecule has 1 fully saturated rings. The molecule has 2 heterocycles. The third kappa shape index (κ3) is 4.46. The lowest BCUT2D eigenvalue weighted by atomic mass is 10.2. The molecule has 0 saturated carbocycles. The minimum Gasteiger partial charge on any atom is -0.335 e. The number of nitrogens with zero attached hydrogens (tertiary/aromatic N) is 4. The molecule has 8 heteroatoms. The molecule has 0 radical (unpaired) electrons. The number of rotatable bonds is 2. The average Bonchev–Trinajstić information content (AvgIpc) is 2.99. The van der Waals surface area contributed by atoms with E-state index in [4.69, 9.17) is 11.6 Å². The first kappa shape index (κ1) is 19.1. The molecule has 0 bridgehead atoms. The highest BCUT2D eigenvalue weighted by molar-refractivity contribution is 6.30. The van der Waals surface area contributed by atoms with Crippen LogP contribution in [0, 0.1) is 0 Å². The zero-order valence-electron chi connectivity index (χ0n) is 15.7. The number of amides is 3. The Balaban J connectivity index is 1.41. The fraction of sp³-hybridized carbons (Fsp3) is 0.238. The molecule has 1 aliphatic rings. The second kappa shape index (κ2) is 8.45. The summed E-state index contributed by atoms with van der Waals surface area (Å²) in [5, 5.41) is 3.41. The number of carbonyl (C=O) groups excluding carboxylic acids is 2. The highest BCUT2D eigenvalue weighted by Gasteiger charge is 2.24. The summed E-state index contributed by atoms with van der Waals surface area (Å²) in [5.74, 6) is -0.166. The second-order valence-corrected chi connectivity index (χ2v) is 7.25. The van der Waals surface area contributed by atoms with Gasteiger partial charge in [0.2, 0.25) is 0 Å². The van der Waals surface area contributed by atoms with Crippen LogP contribution >= 0.6 is 11.6 Å². The number of fused-ring (bicyclic) bond motifs is 1. The maximum Gasteiger partial charge on any atom is 0.321 e. The largest absolute Gasteiger partial charge is 0.335 e. The standard InChI is InChI=1S/C21H20ClN5O2/c22-15-5-3-6-16(13-15)24-21(29)27-10-4-9-26(11-12-27)20(28)19-14-23-17-7-1-2-8-18(17)25-19/h1-3,5-8,13-14H,4,9-12H2,(H,24,29). The molecule has 0 aliphatic carbocycles. The van der Waals surface area contributed by atoms with E-state index in [0.29, 0.717) is 54.5 Å². The van der Waals surface area contributed by atoms with Crippen LogP contribution in [0.15, 0.2) is 54.7 Å². The minimum absolute atomic E-state index is 0.166. The summed E-state index contributed by atoms with van der Waals surface area (Å²) in [6, 6.07) is 14.3. The Labute approximate surface area is 173 Å². The third-order valence-electron chi connectivity index (χ3n) is 4.81. The summed E-state index contributed by atoms with van der Waals surface area (Å²) < 4.78 is 0. The van der Waals surface area contributed by atoms with Gasteiger partial charge >= 0.3 is 6.03 Å². The quantitative estimate of drug-likeness (QED) is 0.700. The van der Waals surface area contributed by atoms with E-state index in [1.54, 1.807) is 34.1 Å². The van der Waals surface area contributed by atoms with Crippen molar-refractivity contribution in [2.75, 3.05) is 31.5 Å². The fourth-order valence-corrected chi connectivity index (χ4v) is 3.50. The zero-order chi connectivity index (χ0) is 20.2. The van der Waals surface area contributed by atoms with Gasteiger partial charge in [0.05, 0.1) is 17.2 Å². The van der Waals surface area contributed by atoms with E-state index in [-0.39, 0.29) is 11.9 Å². The highest BCUT2D eigenvalue weighted by atomic mass is 35.5. The molecule has 4 rings (SSSR count). The van der Waals surface area contributed by atoms with Gasteiger partial charge in [0.1, 0.15) is 5.69 Å². The van der Waals surface area contributed by atoms with Crippen molar-refractivity contribution in [2.45, 2.75) is 6.42 Å². The zero-order valence-corrected chi connectivity index (χ0v) is 16.5. The Morgan fingerprint density at radius 2 is 1.69 bits per heavy atom. The van der Waals surface area contributed by atoms with Crippen molar-refractivity contribution >= 4 is 40.3 Å². The topological polar surface area (TPSA) is 78.4 Å². The van der Waals surface area contributed by atoms with Crippen molar-refractivity contribution in [3.8, 4) is 0 Å². The second-order valence-electron chi connectivity index (χ2n) is 6.82. The number of benzene rings is 2. The molecule has 2 aromatic carbocycles. The first-order valence-corrected chi connectivity index (χ1v) is 9.80. The first-order valence-electron chi connectivity index (χ1n) is 9.43. The van der Waals surface area contributed by atoms with E-state index in [2.05, 4.69) is 15.3 Å². The van der Waals surface area contributed by atoms with Gasteiger partial charge in [-0.3, -0.25) is 9.78 Å². The van der Waals surface area contributed by atoms with Crippen LogP contribution in [0.5, 0.6) is 0 Å². The SMILES string of the molecule is O=C(Nc1cccc(Cl)c1)N1CCCN(C(=O)c2cnc3ccccc3n2)CC1. The number of aromatic nitrogens is 2. The van der Waals surface area contributed by atoms with Crippen LogP contribution in [-0.4, -0.2) is 57.9 Å². The molecule has 0 atom stereocenters. The van der Waals surface area contributed by atoms with Crippen molar-refractivity contribution in [1.29, 1.82) is 0 Å². The Morgan fingerprint density at radius 1 is 0.931 bits per heavy atom. The Morgan fingerprint density at radius 3 is 2.52 bits per heavy atom. The normalized spacial score (nSPS) is 14.5. The molecular formula is C21H20ClN5O2. The number of carbonyl (C=O) groups is 2. The number of halogens is 1. The molecular weight excluding hydrogens is 390 g/mol. The van der Waals surface area contributed by atoms with Gasteiger partial charge in [-0.1, -0.05) is 29.8 Å². The van der Waals surface area contributed by atoms with Gasteiger partial charge < -0.3 is 15.1 Å². The Kier molecular flexibility index (Phi) is 5.57. The van der Waals surface area contributed by atoms with Crippen LogP contribution in [0.3, 0.4) is 0 Å². The van der Waals surface area contributed by atoms with Crippen molar-refractivity contribution in [1.82, 2.24) is 19.8 Å². The lowest BCUT2D eigenvalue weighted by molar-refractivity contribution is 0.0757. The van der Waals surface area contributed by atoms with Gasteiger partial charge in [-0.2, -0.15) is 0 Å². The smallest absolute Gasteiger partial charge is 0.321 e. The van der Waals surface area contributed by atoms with Gasteiger partial charge in [-0.25, -0.2) is 9.78 Å². The minimum atomic E-state index is -0.202. The Bertz CT molecular complexity index is 1060. The number of urea groups is 1. The van der Waals surface area contributed by atoms with Crippen molar-refractivity contribution < 1.29 is 9.59 Å². The van der Waals surface area contributed by atoms with Gasteiger partial charge in [-0.05, 0) is 36.8 Å². The molecule has 1 saturated heterocycles. The van der Waals surface area contributed by atoms with Crippen LogP contribution in [0.25, 0.3) is 11.0 Å². The highest BCUT2D eigenvalue weighted by Crippen LogP contribution is 2.16. The van der Waals surface area contributed by atoms with E-state index in [9.17, 15) is 9.59 Å². The van der Waals surface area contributed by atoms with Crippen LogP contribution in [0.2, 0.25) is 5.02 Å². The van der Waals surface area contributed by atoms with Gasteiger partial charge in [0.15, 0.2) is 0 Å².